The zero-order chi connectivity index (χ0) is 15.0. The lowest BCUT2D eigenvalue weighted by molar-refractivity contribution is -0.118. The van der Waals surface area contributed by atoms with Gasteiger partial charge in [0.25, 0.3) is 0 Å². The third kappa shape index (κ3) is 3.02. The van der Waals surface area contributed by atoms with Crippen LogP contribution in [-0.4, -0.2) is 29.2 Å². The van der Waals surface area contributed by atoms with Crippen LogP contribution in [0.25, 0.3) is 0 Å². The number of pyridine rings is 1. The van der Waals surface area contributed by atoms with Gasteiger partial charge in [-0.15, -0.1) is 0 Å². The summed E-state index contributed by atoms with van der Waals surface area (Å²) < 4.78 is 12.0. The molecule has 1 aromatic heterocycles. The standard InChI is InChI=1S/C14H21BN2O3/c1-13(2)14(3,4)20-15(19-13)10-7-8-17-11(9-10)5-6-12(16)18/h7-9H,5-6H2,1-4H3,(H2,16,18). The fourth-order valence-electron chi connectivity index (χ4n) is 2.01. The highest BCUT2D eigenvalue weighted by Crippen LogP contribution is 2.36. The Morgan fingerprint density at radius 1 is 1.30 bits per heavy atom. The van der Waals surface area contributed by atoms with Crippen molar-refractivity contribution in [2.45, 2.75) is 51.7 Å². The molecule has 5 nitrogen and oxygen atoms in total. The summed E-state index contributed by atoms with van der Waals surface area (Å²) in [6.45, 7) is 8.06. The molecular formula is C14H21BN2O3. The minimum Gasteiger partial charge on any atom is -0.399 e. The first kappa shape index (κ1) is 15.0. The van der Waals surface area contributed by atoms with E-state index in [9.17, 15) is 4.79 Å². The Morgan fingerprint density at radius 3 is 2.45 bits per heavy atom. The number of hydrogen-bond acceptors (Lipinski definition) is 4. The Balaban J connectivity index is 2.14. The van der Waals surface area contributed by atoms with Gasteiger partial charge in [0.05, 0.1) is 11.2 Å². The Bertz CT molecular complexity index is 501. The van der Waals surface area contributed by atoms with Gasteiger partial charge in [-0.3, -0.25) is 9.78 Å². The normalized spacial score (nSPS) is 20.1. The first-order valence-electron chi connectivity index (χ1n) is 6.80. The molecule has 0 aliphatic carbocycles. The van der Waals surface area contributed by atoms with E-state index in [-0.39, 0.29) is 17.1 Å². The zero-order valence-electron chi connectivity index (χ0n) is 12.5. The van der Waals surface area contributed by atoms with Gasteiger partial charge in [0.1, 0.15) is 0 Å². The van der Waals surface area contributed by atoms with Crippen LogP contribution in [-0.2, 0) is 20.5 Å². The molecule has 0 saturated carbocycles. The van der Waals surface area contributed by atoms with Gasteiger partial charge in [-0.2, -0.15) is 0 Å². The maximum atomic E-state index is 10.8. The van der Waals surface area contributed by atoms with E-state index < -0.39 is 7.12 Å². The van der Waals surface area contributed by atoms with Gasteiger partial charge in [0.2, 0.25) is 5.91 Å². The number of rotatable bonds is 4. The van der Waals surface area contributed by atoms with Crippen LogP contribution in [0.15, 0.2) is 18.3 Å². The largest absolute Gasteiger partial charge is 0.494 e. The van der Waals surface area contributed by atoms with Crippen LogP contribution in [0.3, 0.4) is 0 Å². The van der Waals surface area contributed by atoms with Crippen LogP contribution in [0.5, 0.6) is 0 Å². The molecule has 1 fully saturated rings. The Hall–Kier alpha value is -1.40. The SMILES string of the molecule is CC1(C)OB(c2ccnc(CCC(N)=O)c2)OC1(C)C. The molecule has 0 radical (unpaired) electrons. The van der Waals surface area contributed by atoms with E-state index in [0.717, 1.165) is 11.2 Å². The van der Waals surface area contributed by atoms with Crippen molar-refractivity contribution in [3.8, 4) is 0 Å². The predicted octanol–water partition coefficient (Wildman–Crippen LogP) is 0.799. The van der Waals surface area contributed by atoms with E-state index in [1.807, 2.05) is 39.8 Å². The predicted molar refractivity (Wildman–Crippen MR) is 77.5 cm³/mol. The molecule has 1 aromatic rings. The molecule has 1 amide bonds. The molecule has 20 heavy (non-hydrogen) atoms. The first-order chi connectivity index (χ1) is 9.21. The van der Waals surface area contributed by atoms with Gasteiger partial charge in [-0.25, -0.2) is 0 Å². The Kier molecular flexibility index (Phi) is 3.89. The number of carbonyl (C=O) groups is 1. The van der Waals surface area contributed by atoms with Gasteiger partial charge >= 0.3 is 7.12 Å². The van der Waals surface area contributed by atoms with E-state index in [1.165, 1.54) is 0 Å². The average Bonchev–Trinajstić information content (AvgIpc) is 2.56. The van der Waals surface area contributed by atoms with Crippen molar-refractivity contribution in [2.75, 3.05) is 0 Å². The summed E-state index contributed by atoms with van der Waals surface area (Å²) in [6, 6.07) is 3.78. The van der Waals surface area contributed by atoms with Crippen LogP contribution in [0.4, 0.5) is 0 Å². The second-order valence-electron chi connectivity index (χ2n) is 6.14. The molecule has 108 valence electrons. The molecular weight excluding hydrogens is 255 g/mol. The van der Waals surface area contributed by atoms with Crippen LogP contribution < -0.4 is 11.2 Å². The molecule has 2 rings (SSSR count). The van der Waals surface area contributed by atoms with E-state index in [0.29, 0.717) is 12.8 Å². The molecule has 0 spiro atoms. The molecule has 1 aliphatic heterocycles. The lowest BCUT2D eigenvalue weighted by Gasteiger charge is -2.32. The number of primary amides is 1. The third-order valence-electron chi connectivity index (χ3n) is 3.99. The Morgan fingerprint density at radius 2 is 1.90 bits per heavy atom. The number of carbonyl (C=O) groups excluding carboxylic acids is 1. The fourth-order valence-corrected chi connectivity index (χ4v) is 2.01. The van der Waals surface area contributed by atoms with E-state index >= 15 is 0 Å². The molecule has 2 N–H and O–H groups in total. The number of aryl methyl sites for hydroxylation is 1. The van der Waals surface area contributed by atoms with Crippen LogP contribution >= 0.6 is 0 Å². The molecule has 0 bridgehead atoms. The number of hydrogen-bond donors (Lipinski definition) is 1. The van der Waals surface area contributed by atoms with Gasteiger partial charge in [-0.1, -0.05) is 0 Å². The van der Waals surface area contributed by atoms with Crippen molar-refractivity contribution < 1.29 is 14.1 Å². The minimum atomic E-state index is -0.407. The van der Waals surface area contributed by atoms with Gasteiger partial charge in [0, 0.05) is 18.3 Å². The lowest BCUT2D eigenvalue weighted by Crippen LogP contribution is -2.41. The summed E-state index contributed by atoms with van der Waals surface area (Å²) in [4.78, 5) is 15.1. The Labute approximate surface area is 120 Å². The van der Waals surface area contributed by atoms with E-state index in [2.05, 4.69) is 4.98 Å². The van der Waals surface area contributed by atoms with Crippen molar-refractivity contribution in [1.29, 1.82) is 0 Å². The first-order valence-corrected chi connectivity index (χ1v) is 6.80. The summed E-state index contributed by atoms with van der Waals surface area (Å²) in [6.07, 6.45) is 2.53. The summed E-state index contributed by atoms with van der Waals surface area (Å²) in [5, 5.41) is 0. The monoisotopic (exact) mass is 276 g/mol. The maximum Gasteiger partial charge on any atom is 0.494 e. The molecule has 0 atom stereocenters. The summed E-state index contributed by atoms with van der Waals surface area (Å²) >= 11 is 0. The fraction of sp³-hybridized carbons (Fsp3) is 0.571. The van der Waals surface area contributed by atoms with Gasteiger partial charge in [0.15, 0.2) is 0 Å². The van der Waals surface area contributed by atoms with Crippen LogP contribution in [0.1, 0.15) is 39.8 Å². The summed E-state index contributed by atoms with van der Waals surface area (Å²) in [7, 11) is -0.407. The van der Waals surface area contributed by atoms with Gasteiger partial charge in [-0.05, 0) is 51.7 Å². The molecule has 1 aliphatic rings. The van der Waals surface area contributed by atoms with Gasteiger partial charge < -0.3 is 15.0 Å². The van der Waals surface area contributed by atoms with Crippen molar-refractivity contribution in [2.24, 2.45) is 5.73 Å². The summed E-state index contributed by atoms with van der Waals surface area (Å²) in [5.74, 6) is -0.326. The number of aromatic nitrogens is 1. The van der Waals surface area contributed by atoms with Crippen molar-refractivity contribution in [1.82, 2.24) is 4.98 Å². The van der Waals surface area contributed by atoms with E-state index in [1.54, 1.807) is 6.20 Å². The van der Waals surface area contributed by atoms with E-state index in [4.69, 9.17) is 15.0 Å². The third-order valence-corrected chi connectivity index (χ3v) is 3.99. The second kappa shape index (κ2) is 5.18. The number of nitrogens with two attached hydrogens (primary N) is 1. The highest BCUT2D eigenvalue weighted by molar-refractivity contribution is 6.62. The smallest absolute Gasteiger partial charge is 0.399 e. The minimum absolute atomic E-state index is 0.291. The van der Waals surface area contributed by atoms with Crippen LogP contribution in [0.2, 0.25) is 0 Å². The van der Waals surface area contributed by atoms with Crippen molar-refractivity contribution >= 4 is 18.5 Å². The summed E-state index contributed by atoms with van der Waals surface area (Å²) in [5.41, 5.74) is 6.15. The lowest BCUT2D eigenvalue weighted by atomic mass is 9.79. The quantitative estimate of drug-likeness (QED) is 0.825. The molecule has 0 unspecified atom stereocenters. The zero-order valence-corrected chi connectivity index (χ0v) is 12.5. The molecule has 2 heterocycles. The average molecular weight is 276 g/mol. The van der Waals surface area contributed by atoms with Crippen LogP contribution in [0, 0.1) is 0 Å². The maximum absolute atomic E-state index is 10.8. The highest BCUT2D eigenvalue weighted by Gasteiger charge is 2.51. The topological polar surface area (TPSA) is 74.4 Å². The van der Waals surface area contributed by atoms with Crippen molar-refractivity contribution in [3.05, 3.63) is 24.0 Å². The number of nitrogens with zero attached hydrogens (tertiary/aromatic N) is 1. The molecule has 6 heteroatoms. The highest BCUT2D eigenvalue weighted by atomic mass is 16.7. The molecule has 0 aromatic carbocycles. The van der Waals surface area contributed by atoms with Crippen molar-refractivity contribution in [3.63, 3.8) is 0 Å². The second-order valence-corrected chi connectivity index (χ2v) is 6.14. The number of amides is 1. The molecule has 1 saturated heterocycles.